The Balaban J connectivity index is 1.95. The van der Waals surface area contributed by atoms with E-state index in [0.29, 0.717) is 12.6 Å². The van der Waals surface area contributed by atoms with Gasteiger partial charge in [0.05, 0.1) is 0 Å². The van der Waals surface area contributed by atoms with Crippen molar-refractivity contribution >= 4 is 5.91 Å². The molecular weight excluding hydrogens is 240 g/mol. The van der Waals surface area contributed by atoms with Crippen LogP contribution in [0.3, 0.4) is 0 Å². The second-order valence-electron chi connectivity index (χ2n) is 4.92. The van der Waals surface area contributed by atoms with Crippen LogP contribution in [-0.2, 0) is 11.3 Å². The van der Waals surface area contributed by atoms with E-state index in [2.05, 4.69) is 10.6 Å². The van der Waals surface area contributed by atoms with Crippen LogP contribution >= 0.6 is 0 Å². The summed E-state index contributed by atoms with van der Waals surface area (Å²) < 4.78 is 5.76. The molecular formula is C15H22N2O2. The molecule has 1 aromatic rings. The summed E-state index contributed by atoms with van der Waals surface area (Å²) in [7, 11) is 0. The molecule has 0 spiro atoms. The van der Waals surface area contributed by atoms with Gasteiger partial charge < -0.3 is 15.4 Å². The number of amides is 1. The fourth-order valence-electron chi connectivity index (χ4n) is 1.87. The second-order valence-corrected chi connectivity index (χ2v) is 4.92. The molecule has 0 radical (unpaired) electrons. The Hall–Kier alpha value is -1.55. The van der Waals surface area contributed by atoms with Crippen LogP contribution in [-0.4, -0.2) is 24.6 Å². The largest absolute Gasteiger partial charge is 0.481 e. The number of carbonyl (C=O) groups excluding carboxylic acids is 1. The lowest BCUT2D eigenvalue weighted by Crippen LogP contribution is -2.36. The van der Waals surface area contributed by atoms with Crippen molar-refractivity contribution in [3.8, 4) is 5.75 Å². The molecule has 0 aromatic heterocycles. The monoisotopic (exact) mass is 262 g/mol. The molecule has 1 aliphatic rings. The number of ether oxygens (including phenoxy) is 1. The van der Waals surface area contributed by atoms with Gasteiger partial charge in [-0.3, -0.25) is 4.79 Å². The first-order chi connectivity index (χ1) is 9.20. The van der Waals surface area contributed by atoms with Crippen LogP contribution in [0.1, 0.15) is 32.3 Å². The Morgan fingerprint density at radius 1 is 1.42 bits per heavy atom. The third kappa shape index (κ3) is 4.24. The molecule has 2 N–H and O–H groups in total. The van der Waals surface area contributed by atoms with Gasteiger partial charge in [-0.15, -0.1) is 0 Å². The summed E-state index contributed by atoms with van der Waals surface area (Å²) in [5, 5.41) is 6.23. The third-order valence-electron chi connectivity index (χ3n) is 3.16. The predicted molar refractivity (Wildman–Crippen MR) is 75.1 cm³/mol. The average Bonchev–Trinajstić information content (AvgIpc) is 3.22. The summed E-state index contributed by atoms with van der Waals surface area (Å²) in [5.41, 5.74) is 1.10. The second kappa shape index (κ2) is 6.57. The summed E-state index contributed by atoms with van der Waals surface area (Å²) >= 11 is 0. The molecule has 4 nitrogen and oxygen atoms in total. The number of hydrogen-bond donors (Lipinski definition) is 2. The number of carbonyl (C=O) groups is 1. The van der Waals surface area contributed by atoms with E-state index in [1.807, 2.05) is 31.2 Å². The highest BCUT2D eigenvalue weighted by molar-refractivity contribution is 5.80. The first kappa shape index (κ1) is 13.9. The Labute approximate surface area is 114 Å². The molecule has 0 heterocycles. The summed E-state index contributed by atoms with van der Waals surface area (Å²) in [6.07, 6.45) is 2.05. The van der Waals surface area contributed by atoms with E-state index in [1.165, 1.54) is 12.8 Å². The normalized spacial score (nSPS) is 15.9. The molecule has 104 valence electrons. The smallest absolute Gasteiger partial charge is 0.260 e. The van der Waals surface area contributed by atoms with Crippen molar-refractivity contribution in [2.45, 2.75) is 45.4 Å². The Kier molecular flexibility index (Phi) is 4.80. The van der Waals surface area contributed by atoms with Gasteiger partial charge in [0.1, 0.15) is 5.75 Å². The fourth-order valence-corrected chi connectivity index (χ4v) is 1.87. The molecule has 0 aliphatic heterocycles. The van der Waals surface area contributed by atoms with Crippen LogP contribution in [0.2, 0.25) is 0 Å². The van der Waals surface area contributed by atoms with Crippen LogP contribution in [0.25, 0.3) is 0 Å². The number of para-hydroxylation sites is 1. The maximum Gasteiger partial charge on any atom is 0.260 e. The van der Waals surface area contributed by atoms with E-state index in [-0.39, 0.29) is 5.91 Å². The zero-order chi connectivity index (χ0) is 13.7. The van der Waals surface area contributed by atoms with Crippen molar-refractivity contribution < 1.29 is 9.53 Å². The fraction of sp³-hybridized carbons (Fsp3) is 0.533. The zero-order valence-electron chi connectivity index (χ0n) is 11.6. The molecule has 1 amide bonds. The number of hydrogen-bond acceptors (Lipinski definition) is 3. The predicted octanol–water partition coefficient (Wildman–Crippen LogP) is 1.84. The van der Waals surface area contributed by atoms with E-state index in [4.69, 9.17) is 4.74 Å². The van der Waals surface area contributed by atoms with Gasteiger partial charge in [-0.2, -0.15) is 0 Å². The van der Waals surface area contributed by atoms with Gasteiger partial charge in [-0.25, -0.2) is 0 Å². The summed E-state index contributed by atoms with van der Waals surface area (Å²) in [4.78, 5) is 11.7. The van der Waals surface area contributed by atoms with Crippen LogP contribution in [0, 0.1) is 0 Å². The number of benzene rings is 1. The lowest BCUT2D eigenvalue weighted by Gasteiger charge is -2.17. The van der Waals surface area contributed by atoms with E-state index >= 15 is 0 Å². The highest BCUT2D eigenvalue weighted by Crippen LogP contribution is 2.23. The highest BCUT2D eigenvalue weighted by Gasteiger charge is 2.21. The first-order valence-corrected chi connectivity index (χ1v) is 6.96. The Morgan fingerprint density at radius 3 is 2.84 bits per heavy atom. The van der Waals surface area contributed by atoms with Crippen LogP contribution in [0.4, 0.5) is 0 Å². The highest BCUT2D eigenvalue weighted by atomic mass is 16.5. The molecule has 0 bridgehead atoms. The minimum absolute atomic E-state index is 0.0764. The Morgan fingerprint density at radius 2 is 2.16 bits per heavy atom. The molecule has 2 rings (SSSR count). The number of nitrogens with one attached hydrogen (secondary N) is 2. The van der Waals surface area contributed by atoms with Crippen molar-refractivity contribution in [2.24, 2.45) is 0 Å². The number of likely N-dealkylation sites (N-methyl/N-ethyl adjacent to an activating group) is 1. The quantitative estimate of drug-likeness (QED) is 0.788. The van der Waals surface area contributed by atoms with Gasteiger partial charge in [0, 0.05) is 24.7 Å². The third-order valence-corrected chi connectivity index (χ3v) is 3.16. The lowest BCUT2D eigenvalue weighted by molar-refractivity contribution is -0.127. The molecule has 1 unspecified atom stereocenters. The minimum Gasteiger partial charge on any atom is -0.481 e. The van der Waals surface area contributed by atoms with Gasteiger partial charge in [0.25, 0.3) is 5.91 Å². The summed E-state index contributed by atoms with van der Waals surface area (Å²) in [6, 6.07) is 8.54. The summed E-state index contributed by atoms with van der Waals surface area (Å²) in [6.45, 7) is 5.09. The Bertz CT molecular complexity index is 430. The molecule has 1 aromatic carbocycles. The standard InChI is InChI=1S/C15H22N2O2/c1-3-16-15(18)11(2)19-14-7-5-4-6-12(14)10-17-13-8-9-13/h4-7,11,13,17H,3,8-10H2,1-2H3,(H,16,18). The van der Waals surface area contributed by atoms with Crippen molar-refractivity contribution in [1.29, 1.82) is 0 Å². The van der Waals surface area contributed by atoms with E-state index in [0.717, 1.165) is 17.9 Å². The molecule has 1 aliphatic carbocycles. The first-order valence-electron chi connectivity index (χ1n) is 6.96. The van der Waals surface area contributed by atoms with Gasteiger partial charge >= 0.3 is 0 Å². The molecule has 19 heavy (non-hydrogen) atoms. The maximum absolute atomic E-state index is 11.7. The van der Waals surface area contributed by atoms with Crippen LogP contribution in [0.15, 0.2) is 24.3 Å². The lowest BCUT2D eigenvalue weighted by atomic mass is 10.2. The number of rotatable bonds is 7. The van der Waals surface area contributed by atoms with Gasteiger partial charge in [0.2, 0.25) is 0 Å². The van der Waals surface area contributed by atoms with Gasteiger partial charge in [0.15, 0.2) is 6.10 Å². The van der Waals surface area contributed by atoms with Crippen molar-refractivity contribution in [3.05, 3.63) is 29.8 Å². The van der Waals surface area contributed by atoms with E-state index in [9.17, 15) is 4.79 Å². The SMILES string of the molecule is CCNC(=O)C(C)Oc1ccccc1CNC1CC1. The molecule has 1 fully saturated rings. The van der Waals surface area contributed by atoms with Crippen LogP contribution < -0.4 is 15.4 Å². The van der Waals surface area contributed by atoms with E-state index < -0.39 is 6.10 Å². The van der Waals surface area contributed by atoms with Gasteiger partial charge in [-0.05, 0) is 32.8 Å². The molecule has 1 saturated carbocycles. The maximum atomic E-state index is 11.7. The van der Waals surface area contributed by atoms with Crippen molar-refractivity contribution in [3.63, 3.8) is 0 Å². The topological polar surface area (TPSA) is 50.4 Å². The molecule has 1 atom stereocenters. The molecule has 0 saturated heterocycles. The van der Waals surface area contributed by atoms with Crippen LogP contribution in [0.5, 0.6) is 5.75 Å². The van der Waals surface area contributed by atoms with Crippen molar-refractivity contribution in [1.82, 2.24) is 10.6 Å². The minimum atomic E-state index is -0.470. The average molecular weight is 262 g/mol. The van der Waals surface area contributed by atoms with E-state index in [1.54, 1.807) is 6.92 Å². The molecule has 4 heteroatoms. The van der Waals surface area contributed by atoms with Crippen molar-refractivity contribution in [2.75, 3.05) is 6.54 Å². The van der Waals surface area contributed by atoms with Gasteiger partial charge in [-0.1, -0.05) is 18.2 Å². The summed E-state index contributed by atoms with van der Waals surface area (Å²) in [5.74, 6) is 0.710. The zero-order valence-corrected chi connectivity index (χ0v) is 11.6.